The number of nitrogens with one attached hydrogen (secondary N) is 1. The molecule has 42 heavy (non-hydrogen) atoms. The predicted molar refractivity (Wildman–Crippen MR) is 161 cm³/mol. The van der Waals surface area contributed by atoms with Crippen molar-refractivity contribution < 1.29 is 23.5 Å². The van der Waals surface area contributed by atoms with Gasteiger partial charge in [-0.25, -0.2) is 4.98 Å². The lowest BCUT2D eigenvalue weighted by atomic mass is 10.2. The molecule has 5 rings (SSSR count). The molecule has 0 aliphatic rings. The van der Waals surface area contributed by atoms with E-state index in [1.165, 1.54) is 11.2 Å². The normalized spacial score (nSPS) is 10.8. The molecule has 9 nitrogen and oxygen atoms in total. The molecule has 0 atom stereocenters. The number of amides is 2. The molecule has 3 aromatic carbocycles. The van der Waals surface area contributed by atoms with Crippen molar-refractivity contribution in [2.24, 2.45) is 0 Å². The van der Waals surface area contributed by atoms with Crippen molar-refractivity contribution in [1.82, 2.24) is 14.5 Å². The molecule has 214 valence electrons. The molecule has 5 aromatic rings. The molecule has 0 aliphatic carbocycles. The van der Waals surface area contributed by atoms with E-state index in [-0.39, 0.29) is 29.6 Å². The lowest BCUT2D eigenvalue weighted by Gasteiger charge is -2.22. The van der Waals surface area contributed by atoms with E-state index < -0.39 is 11.8 Å². The Kier molecular flexibility index (Phi) is 8.80. The van der Waals surface area contributed by atoms with Gasteiger partial charge in [0.15, 0.2) is 11.5 Å². The number of carbonyl (C=O) groups is 2. The van der Waals surface area contributed by atoms with Crippen molar-refractivity contribution in [2.45, 2.75) is 6.54 Å². The molecule has 0 spiro atoms. The highest BCUT2D eigenvalue weighted by atomic mass is 35.5. The molecule has 0 aliphatic heterocycles. The number of halogens is 2. The van der Waals surface area contributed by atoms with Crippen LogP contribution in [0.15, 0.2) is 95.7 Å². The Morgan fingerprint density at radius 2 is 1.71 bits per heavy atom. The van der Waals surface area contributed by atoms with Crippen LogP contribution in [0.3, 0.4) is 0 Å². The Morgan fingerprint density at radius 3 is 2.40 bits per heavy atom. The Labute approximate surface area is 252 Å². The first-order valence-electron chi connectivity index (χ1n) is 12.8. The summed E-state index contributed by atoms with van der Waals surface area (Å²) in [7, 11) is 3.10. The first kappa shape index (κ1) is 28.8. The molecular weight excluding hydrogens is 579 g/mol. The molecule has 0 saturated heterocycles. The number of ether oxygens (including phenoxy) is 2. The van der Waals surface area contributed by atoms with E-state index in [4.69, 9.17) is 42.1 Å². The number of anilines is 1. The zero-order valence-electron chi connectivity index (χ0n) is 22.7. The standard InChI is InChI=1S/C31H26Cl2N4O5/c1-40-27-14-13-22(16-28(27)41-2)37-18-26(20-9-11-21(32)12-10-20)34-31(37)35-29(38)19-36(17-23-6-5-15-42-23)30(39)24-7-3-4-8-25(24)33/h3-16,18H,17,19H2,1-2H3,(H,34,35,38). The van der Waals surface area contributed by atoms with E-state index in [1.54, 1.807) is 85.6 Å². The fourth-order valence-corrected chi connectivity index (χ4v) is 4.68. The summed E-state index contributed by atoms with van der Waals surface area (Å²) < 4.78 is 18.0. The monoisotopic (exact) mass is 604 g/mol. The van der Waals surface area contributed by atoms with Crippen LogP contribution in [0, 0.1) is 0 Å². The van der Waals surface area contributed by atoms with E-state index in [2.05, 4.69) is 5.32 Å². The van der Waals surface area contributed by atoms with Gasteiger partial charge in [0.2, 0.25) is 11.9 Å². The number of hydrogen-bond acceptors (Lipinski definition) is 6. The Hall–Kier alpha value is -4.73. The van der Waals surface area contributed by atoms with Crippen LogP contribution in [-0.4, -0.2) is 47.0 Å². The average Bonchev–Trinajstić information content (AvgIpc) is 3.67. The van der Waals surface area contributed by atoms with Crippen LogP contribution in [0.1, 0.15) is 16.1 Å². The number of methoxy groups -OCH3 is 2. The number of carbonyl (C=O) groups excluding carboxylic acids is 2. The number of nitrogens with zero attached hydrogens (tertiary/aromatic N) is 3. The first-order valence-corrected chi connectivity index (χ1v) is 13.6. The maximum absolute atomic E-state index is 13.5. The SMILES string of the molecule is COc1ccc(-n2cc(-c3ccc(Cl)cc3)nc2NC(=O)CN(Cc2ccco2)C(=O)c2ccccc2Cl)cc1OC. The van der Waals surface area contributed by atoms with Crippen molar-refractivity contribution in [3.63, 3.8) is 0 Å². The number of imidazole rings is 1. The van der Waals surface area contributed by atoms with E-state index in [9.17, 15) is 9.59 Å². The molecule has 11 heteroatoms. The Bertz CT molecular complexity index is 1700. The van der Waals surface area contributed by atoms with Gasteiger partial charge in [0.1, 0.15) is 12.3 Å². The third kappa shape index (κ3) is 6.43. The second-order valence-electron chi connectivity index (χ2n) is 9.13. The molecule has 2 aromatic heterocycles. The summed E-state index contributed by atoms with van der Waals surface area (Å²) in [5, 5.41) is 3.74. The highest BCUT2D eigenvalue weighted by Crippen LogP contribution is 2.32. The molecular formula is C31H26Cl2N4O5. The van der Waals surface area contributed by atoms with E-state index in [0.29, 0.717) is 33.7 Å². The largest absolute Gasteiger partial charge is 0.493 e. The maximum Gasteiger partial charge on any atom is 0.256 e. The van der Waals surface area contributed by atoms with Crippen LogP contribution < -0.4 is 14.8 Å². The van der Waals surface area contributed by atoms with Gasteiger partial charge < -0.3 is 18.8 Å². The van der Waals surface area contributed by atoms with Gasteiger partial charge >= 0.3 is 0 Å². The van der Waals surface area contributed by atoms with E-state index >= 15 is 0 Å². The fraction of sp³-hybridized carbons (Fsp3) is 0.129. The zero-order valence-corrected chi connectivity index (χ0v) is 24.2. The summed E-state index contributed by atoms with van der Waals surface area (Å²) in [5.74, 6) is 0.912. The molecule has 0 radical (unpaired) electrons. The van der Waals surface area contributed by atoms with Crippen LogP contribution in [-0.2, 0) is 11.3 Å². The minimum Gasteiger partial charge on any atom is -0.493 e. The highest BCUT2D eigenvalue weighted by Gasteiger charge is 2.24. The summed E-state index contributed by atoms with van der Waals surface area (Å²) >= 11 is 12.4. The smallest absolute Gasteiger partial charge is 0.256 e. The summed E-state index contributed by atoms with van der Waals surface area (Å²) in [5.41, 5.74) is 2.32. The minimum absolute atomic E-state index is 0.0601. The second kappa shape index (κ2) is 12.8. The van der Waals surface area contributed by atoms with Crippen LogP contribution in [0.25, 0.3) is 16.9 Å². The van der Waals surface area contributed by atoms with Gasteiger partial charge in [0.25, 0.3) is 5.91 Å². The quantitative estimate of drug-likeness (QED) is 0.189. The maximum atomic E-state index is 13.5. The van der Waals surface area contributed by atoms with Crippen LogP contribution >= 0.6 is 23.2 Å². The fourth-order valence-electron chi connectivity index (χ4n) is 4.33. The third-order valence-corrected chi connectivity index (χ3v) is 6.98. The Morgan fingerprint density at radius 1 is 0.952 bits per heavy atom. The van der Waals surface area contributed by atoms with Crippen molar-refractivity contribution in [3.05, 3.63) is 113 Å². The van der Waals surface area contributed by atoms with Crippen LogP contribution in [0.2, 0.25) is 10.0 Å². The van der Waals surface area contributed by atoms with Crippen molar-refractivity contribution in [2.75, 3.05) is 26.1 Å². The number of benzene rings is 3. The number of furan rings is 1. The third-order valence-electron chi connectivity index (χ3n) is 6.40. The summed E-state index contributed by atoms with van der Waals surface area (Å²) in [6, 6.07) is 22.7. The van der Waals surface area contributed by atoms with Crippen molar-refractivity contribution in [3.8, 4) is 28.4 Å². The number of hydrogen-bond donors (Lipinski definition) is 1. The van der Waals surface area contributed by atoms with Gasteiger partial charge in [-0.3, -0.25) is 19.5 Å². The second-order valence-corrected chi connectivity index (χ2v) is 9.98. The highest BCUT2D eigenvalue weighted by molar-refractivity contribution is 6.33. The average molecular weight is 605 g/mol. The van der Waals surface area contributed by atoms with Gasteiger partial charge in [0.05, 0.1) is 49.0 Å². The van der Waals surface area contributed by atoms with Gasteiger partial charge in [-0.1, -0.05) is 47.5 Å². The van der Waals surface area contributed by atoms with Crippen LogP contribution in [0.4, 0.5) is 5.95 Å². The molecule has 0 unspecified atom stereocenters. The predicted octanol–water partition coefficient (Wildman–Crippen LogP) is 6.74. The summed E-state index contributed by atoms with van der Waals surface area (Å²) in [6.45, 7) is -0.232. The van der Waals surface area contributed by atoms with E-state index in [0.717, 1.165) is 5.56 Å². The molecule has 0 bridgehead atoms. The lowest BCUT2D eigenvalue weighted by molar-refractivity contribution is -0.117. The van der Waals surface area contributed by atoms with Gasteiger partial charge in [-0.05, 0) is 48.5 Å². The van der Waals surface area contributed by atoms with Gasteiger partial charge in [0, 0.05) is 22.8 Å². The van der Waals surface area contributed by atoms with Crippen molar-refractivity contribution in [1.29, 1.82) is 0 Å². The molecule has 1 N–H and O–H groups in total. The summed E-state index contributed by atoms with van der Waals surface area (Å²) in [6.07, 6.45) is 3.29. The molecule has 2 heterocycles. The minimum atomic E-state index is -0.475. The topological polar surface area (TPSA) is 98.8 Å². The molecule has 0 fully saturated rings. The molecule has 2 amide bonds. The molecule has 0 saturated carbocycles. The van der Waals surface area contributed by atoms with Crippen LogP contribution in [0.5, 0.6) is 11.5 Å². The number of aromatic nitrogens is 2. The van der Waals surface area contributed by atoms with Crippen molar-refractivity contribution >= 4 is 41.0 Å². The number of rotatable bonds is 10. The van der Waals surface area contributed by atoms with Gasteiger partial charge in [-0.2, -0.15) is 0 Å². The lowest BCUT2D eigenvalue weighted by Crippen LogP contribution is -2.38. The van der Waals surface area contributed by atoms with Gasteiger partial charge in [-0.15, -0.1) is 0 Å². The zero-order chi connectivity index (χ0) is 29.6. The van der Waals surface area contributed by atoms with E-state index in [1.807, 2.05) is 18.2 Å². The summed E-state index contributed by atoms with van der Waals surface area (Å²) in [4.78, 5) is 33.0. The Balaban J connectivity index is 1.47. The first-order chi connectivity index (χ1) is 20.4.